The summed E-state index contributed by atoms with van der Waals surface area (Å²) < 4.78 is 26.4. The third kappa shape index (κ3) is 5.58. The van der Waals surface area contributed by atoms with Gasteiger partial charge in [0.05, 0.1) is 5.92 Å². The van der Waals surface area contributed by atoms with Gasteiger partial charge >= 0.3 is 5.97 Å². The van der Waals surface area contributed by atoms with Crippen LogP contribution >= 0.6 is 27.5 Å². The van der Waals surface area contributed by atoms with Crippen molar-refractivity contribution < 1.29 is 18.7 Å². The van der Waals surface area contributed by atoms with Crippen LogP contribution in [0.3, 0.4) is 0 Å². The summed E-state index contributed by atoms with van der Waals surface area (Å²) in [5, 5.41) is 10.3. The lowest BCUT2D eigenvalue weighted by Crippen LogP contribution is -2.14. The zero-order valence-electron chi connectivity index (χ0n) is 19.0. The topological polar surface area (TPSA) is 59.3 Å². The summed E-state index contributed by atoms with van der Waals surface area (Å²) in [5.41, 5.74) is 0.935. The molecule has 3 aromatic rings. The van der Waals surface area contributed by atoms with E-state index in [4.69, 9.17) is 21.1 Å². The largest absolute Gasteiger partial charge is 0.454 e. The number of benzene rings is 3. The predicted molar refractivity (Wildman–Crippen MR) is 136 cm³/mol. The highest BCUT2D eigenvalue weighted by atomic mass is 79.9. The third-order valence-electron chi connectivity index (χ3n) is 6.19. The van der Waals surface area contributed by atoms with Crippen molar-refractivity contribution in [1.29, 1.82) is 5.26 Å². The maximum absolute atomic E-state index is 14.3. The summed E-state index contributed by atoms with van der Waals surface area (Å²) in [6, 6.07) is 22.1. The highest BCUT2D eigenvalue weighted by Crippen LogP contribution is 2.60. The Kier molecular flexibility index (Phi) is 7.30. The molecule has 0 aromatic heterocycles. The zero-order chi connectivity index (χ0) is 25.2. The fourth-order valence-corrected chi connectivity index (χ4v) is 4.71. The van der Waals surface area contributed by atoms with Crippen LogP contribution in [0, 0.1) is 34.4 Å². The van der Waals surface area contributed by atoms with Crippen LogP contribution in [0.2, 0.25) is 5.02 Å². The van der Waals surface area contributed by atoms with Crippen molar-refractivity contribution >= 4 is 38.0 Å². The Bertz CT molecular complexity index is 1300. The molecular weight excluding hydrogens is 533 g/mol. The van der Waals surface area contributed by atoms with Crippen LogP contribution < -0.4 is 4.74 Å². The van der Waals surface area contributed by atoms with Gasteiger partial charge in [-0.2, -0.15) is 5.26 Å². The molecule has 3 aromatic carbocycles. The third-order valence-corrected chi connectivity index (χ3v) is 7.16. The van der Waals surface area contributed by atoms with Gasteiger partial charge in [0.15, 0.2) is 11.6 Å². The molecule has 3 atom stereocenters. The fraction of sp³-hybridized carbons (Fsp3) is 0.214. The molecule has 3 unspecified atom stereocenters. The van der Waals surface area contributed by atoms with Crippen molar-refractivity contribution in [2.24, 2.45) is 17.3 Å². The highest BCUT2D eigenvalue weighted by molar-refractivity contribution is 9.15. The normalized spacial score (nSPS) is 19.4. The molecule has 0 amide bonds. The van der Waals surface area contributed by atoms with Gasteiger partial charge in [0.25, 0.3) is 0 Å². The molecule has 1 saturated carbocycles. The van der Waals surface area contributed by atoms with Gasteiger partial charge < -0.3 is 9.47 Å². The average molecular weight is 555 g/mol. The minimum Gasteiger partial charge on any atom is -0.454 e. The quantitative estimate of drug-likeness (QED) is 0.277. The van der Waals surface area contributed by atoms with E-state index in [2.05, 4.69) is 15.9 Å². The molecule has 0 saturated heterocycles. The van der Waals surface area contributed by atoms with E-state index in [9.17, 15) is 14.4 Å². The Labute approximate surface area is 217 Å². The molecule has 4 nitrogen and oxygen atoms in total. The number of carbonyl (C=O) groups excluding carboxylic acids is 1. The van der Waals surface area contributed by atoms with E-state index in [1.807, 2.05) is 44.2 Å². The summed E-state index contributed by atoms with van der Waals surface area (Å²) in [6.45, 7) is 3.96. The SMILES string of the molecule is CC1(C)C(C=C(Br)c2ccc(Cl)cc2)C1C(=O)OC(C#N)c1ccc(F)c(Oc2ccccc2)c1. The van der Waals surface area contributed by atoms with Gasteiger partial charge in [-0.15, -0.1) is 0 Å². The molecule has 0 radical (unpaired) electrons. The van der Waals surface area contributed by atoms with E-state index >= 15 is 0 Å². The van der Waals surface area contributed by atoms with E-state index in [1.54, 1.807) is 36.4 Å². The fourth-order valence-electron chi connectivity index (χ4n) is 4.04. The number of nitrogens with zero attached hydrogens (tertiary/aromatic N) is 1. The first-order chi connectivity index (χ1) is 16.7. The van der Waals surface area contributed by atoms with Gasteiger partial charge in [0.1, 0.15) is 11.8 Å². The minimum atomic E-state index is -1.19. The number of halogens is 3. The summed E-state index contributed by atoms with van der Waals surface area (Å²) in [5.74, 6) is -1.15. The van der Waals surface area contributed by atoms with Crippen molar-refractivity contribution in [3.8, 4) is 17.6 Å². The lowest BCUT2D eigenvalue weighted by atomic mass is 10.1. The summed E-state index contributed by atoms with van der Waals surface area (Å²) in [6.07, 6.45) is 0.794. The minimum absolute atomic E-state index is 0.0514. The van der Waals surface area contributed by atoms with Gasteiger partial charge in [0.2, 0.25) is 6.10 Å². The number of rotatable bonds is 7. The molecule has 0 bridgehead atoms. The Morgan fingerprint density at radius 2 is 1.83 bits per heavy atom. The lowest BCUT2D eigenvalue weighted by molar-refractivity contribution is -0.149. The number of carbonyl (C=O) groups is 1. The van der Waals surface area contributed by atoms with E-state index in [1.165, 1.54) is 18.2 Å². The molecule has 7 heteroatoms. The van der Waals surface area contributed by atoms with Crippen LogP contribution in [0.4, 0.5) is 4.39 Å². The lowest BCUT2D eigenvalue weighted by Gasteiger charge is -2.14. The van der Waals surface area contributed by atoms with E-state index in [0.29, 0.717) is 16.3 Å². The Morgan fingerprint density at radius 3 is 2.49 bits per heavy atom. The number of ether oxygens (including phenoxy) is 2. The molecule has 1 aliphatic carbocycles. The molecule has 0 N–H and O–H groups in total. The van der Waals surface area contributed by atoms with E-state index in [0.717, 1.165) is 10.0 Å². The van der Waals surface area contributed by atoms with Crippen molar-refractivity contribution in [2.45, 2.75) is 20.0 Å². The molecule has 35 heavy (non-hydrogen) atoms. The second-order valence-electron chi connectivity index (χ2n) is 8.90. The van der Waals surface area contributed by atoms with E-state index < -0.39 is 23.8 Å². The molecule has 178 valence electrons. The summed E-state index contributed by atoms with van der Waals surface area (Å²) in [7, 11) is 0. The molecule has 0 heterocycles. The summed E-state index contributed by atoms with van der Waals surface area (Å²) in [4.78, 5) is 13.0. The van der Waals surface area contributed by atoms with E-state index in [-0.39, 0.29) is 17.1 Å². The highest BCUT2D eigenvalue weighted by Gasteiger charge is 2.62. The second kappa shape index (κ2) is 10.2. The van der Waals surface area contributed by atoms with Gasteiger partial charge in [-0.1, -0.05) is 83.9 Å². The van der Waals surface area contributed by atoms with Crippen LogP contribution in [0.1, 0.15) is 31.1 Å². The van der Waals surface area contributed by atoms with Crippen LogP contribution in [0.5, 0.6) is 11.5 Å². The number of hydrogen-bond donors (Lipinski definition) is 0. The van der Waals surface area contributed by atoms with Gasteiger partial charge in [0, 0.05) is 15.1 Å². The first-order valence-corrected chi connectivity index (χ1v) is 12.1. The smallest absolute Gasteiger partial charge is 0.311 e. The van der Waals surface area contributed by atoms with Crippen molar-refractivity contribution in [3.05, 3.63) is 101 Å². The van der Waals surface area contributed by atoms with Crippen molar-refractivity contribution in [1.82, 2.24) is 0 Å². The first kappa shape index (κ1) is 25.0. The Morgan fingerprint density at radius 1 is 1.14 bits per heavy atom. The van der Waals surface area contributed by atoms with Crippen LogP contribution in [-0.2, 0) is 9.53 Å². The zero-order valence-corrected chi connectivity index (χ0v) is 21.4. The monoisotopic (exact) mass is 553 g/mol. The maximum Gasteiger partial charge on any atom is 0.311 e. The van der Waals surface area contributed by atoms with Crippen LogP contribution in [0.25, 0.3) is 4.48 Å². The number of nitriles is 1. The Hall–Kier alpha value is -3.14. The second-order valence-corrected chi connectivity index (χ2v) is 10.2. The maximum atomic E-state index is 14.3. The molecular formula is C28H22BrClFNO3. The first-order valence-electron chi connectivity index (χ1n) is 11.0. The van der Waals surface area contributed by atoms with Crippen LogP contribution in [0.15, 0.2) is 78.9 Å². The summed E-state index contributed by atoms with van der Waals surface area (Å²) >= 11 is 9.55. The molecule has 0 spiro atoms. The molecule has 0 aliphatic heterocycles. The van der Waals surface area contributed by atoms with Crippen molar-refractivity contribution in [2.75, 3.05) is 0 Å². The standard InChI is InChI=1S/C28H22BrClFNO3/c1-28(2)21(15-22(29)17-8-11-19(30)12-9-17)26(28)27(33)35-25(16-32)18-10-13-23(31)24(14-18)34-20-6-4-3-5-7-20/h3-15,21,25-26H,1-2H3. The molecule has 1 fully saturated rings. The molecule has 4 rings (SSSR count). The van der Waals surface area contributed by atoms with Gasteiger partial charge in [-0.3, -0.25) is 4.79 Å². The van der Waals surface area contributed by atoms with Gasteiger partial charge in [-0.05, 0) is 53.3 Å². The number of esters is 1. The molecule has 1 aliphatic rings. The van der Waals surface area contributed by atoms with Gasteiger partial charge in [-0.25, -0.2) is 4.39 Å². The van der Waals surface area contributed by atoms with Crippen molar-refractivity contribution in [3.63, 3.8) is 0 Å². The number of hydrogen-bond acceptors (Lipinski definition) is 4. The predicted octanol–water partition coefficient (Wildman–Crippen LogP) is 8.09. The number of allylic oxidation sites excluding steroid dienone is 1. The number of para-hydroxylation sites is 1. The Balaban J connectivity index is 1.49. The van der Waals surface area contributed by atoms with Crippen LogP contribution in [-0.4, -0.2) is 5.97 Å². The average Bonchev–Trinajstić information content (AvgIpc) is 3.39.